The van der Waals surface area contributed by atoms with Gasteiger partial charge in [0.15, 0.2) is 0 Å². The Morgan fingerprint density at radius 2 is 1.57 bits per heavy atom. The maximum Gasteiger partial charge on any atom is 0 e. The zero-order valence-electron chi connectivity index (χ0n) is 30.6. The molecule has 7 rings (SSSR count). The van der Waals surface area contributed by atoms with Gasteiger partial charge in [-0.3, -0.25) is 0 Å². The molecule has 0 aliphatic rings. The molecule has 1 radical (unpaired) electrons. The summed E-state index contributed by atoms with van der Waals surface area (Å²) < 4.78 is 36.2. The van der Waals surface area contributed by atoms with E-state index >= 15 is 0 Å². The first kappa shape index (κ1) is 28.8. The molecule has 3 aromatic heterocycles. The second kappa shape index (κ2) is 14.6. The molecular weight excluding hydrogens is 817 g/mol. The van der Waals surface area contributed by atoms with Crippen molar-refractivity contribution in [2.24, 2.45) is 0 Å². The number of nitrogens with zero attached hydrogens (tertiary/aromatic N) is 2. The smallest absolute Gasteiger partial charge is 0 e. The molecule has 5 heteroatoms. The Balaban J connectivity index is 0.000000241. The van der Waals surface area contributed by atoms with Gasteiger partial charge in [-0.25, -0.2) is 0 Å². The van der Waals surface area contributed by atoms with E-state index in [4.69, 9.17) is 5.48 Å². The summed E-state index contributed by atoms with van der Waals surface area (Å²) in [4.78, 5) is 9.09. The molecule has 3 heterocycles. The average molecular weight is 860 g/mol. The van der Waals surface area contributed by atoms with Gasteiger partial charge in [-0.05, 0) is 57.3 Å². The van der Waals surface area contributed by atoms with Gasteiger partial charge in [0.1, 0.15) is 0 Å². The van der Waals surface area contributed by atoms with Gasteiger partial charge in [0.2, 0.25) is 0 Å². The fourth-order valence-corrected chi connectivity index (χ4v) is 8.64. The van der Waals surface area contributed by atoms with Gasteiger partial charge in [-0.15, -0.1) is 23.8 Å². The molecule has 0 aliphatic carbocycles. The van der Waals surface area contributed by atoms with E-state index in [1.54, 1.807) is 12.3 Å². The van der Waals surface area contributed by atoms with Crippen LogP contribution in [0.3, 0.4) is 0 Å². The number of hydrogen-bond donors (Lipinski definition) is 0. The van der Waals surface area contributed by atoms with Gasteiger partial charge in [0.05, 0.1) is 0 Å². The molecule has 0 bridgehead atoms. The van der Waals surface area contributed by atoms with Crippen molar-refractivity contribution in [1.29, 1.82) is 0 Å². The third kappa shape index (κ3) is 7.42. The third-order valence-corrected chi connectivity index (χ3v) is 13.4. The summed E-state index contributed by atoms with van der Waals surface area (Å²) in [5, 5.41) is 1.92. The van der Waals surface area contributed by atoms with Crippen molar-refractivity contribution in [3.8, 4) is 33.6 Å². The van der Waals surface area contributed by atoms with Crippen LogP contribution in [-0.2, 0) is 20.1 Å². The Morgan fingerprint density at radius 1 is 0.761 bits per heavy atom. The number of thiophene rings is 1. The predicted octanol–water partition coefficient (Wildman–Crippen LogP) is 11.1. The van der Waals surface area contributed by atoms with Gasteiger partial charge >= 0.3 is 99.8 Å². The van der Waals surface area contributed by atoms with Crippen LogP contribution in [0.2, 0.25) is 17.3 Å². The summed E-state index contributed by atoms with van der Waals surface area (Å²) >= 11 is -0.240. The number of benzene rings is 4. The van der Waals surface area contributed by atoms with Crippen LogP contribution in [0, 0.1) is 19.0 Å². The molecular formula is C41H38GeIrN2S-2. The number of aromatic nitrogens is 2. The Morgan fingerprint density at radius 3 is 2.24 bits per heavy atom. The van der Waals surface area contributed by atoms with E-state index in [0.717, 1.165) is 59.4 Å². The van der Waals surface area contributed by atoms with E-state index in [1.807, 2.05) is 98.9 Å². The first-order valence-corrected chi connectivity index (χ1v) is 23.2. The van der Waals surface area contributed by atoms with Crippen molar-refractivity contribution in [3.05, 3.63) is 139 Å². The average Bonchev–Trinajstić information content (AvgIpc) is 3.47. The fraction of sp³-hybridized carbons (Fsp3) is 0.171. The molecule has 0 unspecified atom stereocenters. The van der Waals surface area contributed by atoms with Crippen molar-refractivity contribution in [2.75, 3.05) is 0 Å². The van der Waals surface area contributed by atoms with Crippen LogP contribution in [-0.4, -0.2) is 23.2 Å². The van der Waals surface area contributed by atoms with Crippen molar-refractivity contribution in [1.82, 2.24) is 9.97 Å². The molecule has 46 heavy (non-hydrogen) atoms. The van der Waals surface area contributed by atoms with E-state index in [0.29, 0.717) is 5.56 Å². The SMILES string of the molecule is [2H]C([2H])([2H])c1cc(-c2ccccc2)cc2c1sc1c(-c3cc(C([2H])(C)C)ccn3)[c-]ccc12.[CH3][Ge]([CH3])([CH3])[c]1ccc(-c2[c-]cccc2)nc1.[Ir]. The summed E-state index contributed by atoms with van der Waals surface area (Å²) in [5.41, 5.74) is 6.75. The van der Waals surface area contributed by atoms with Crippen molar-refractivity contribution < 1.29 is 25.6 Å². The fourth-order valence-electron chi connectivity index (χ4n) is 5.26. The quantitative estimate of drug-likeness (QED) is 0.127. The maximum atomic E-state index is 8.39. The molecule has 0 aliphatic heterocycles. The zero-order chi connectivity index (χ0) is 35.0. The zero-order valence-corrected chi connectivity index (χ0v) is 31.9. The Kier molecular flexibility index (Phi) is 9.12. The van der Waals surface area contributed by atoms with Crippen LogP contribution in [0.5, 0.6) is 0 Å². The Hall–Kier alpha value is -3.41. The Labute approximate surface area is 299 Å². The van der Waals surface area contributed by atoms with Crippen LogP contribution < -0.4 is 4.40 Å². The summed E-state index contributed by atoms with van der Waals surface area (Å²) in [6, 6.07) is 40.2. The second-order valence-corrected chi connectivity index (χ2v) is 24.0. The van der Waals surface area contributed by atoms with E-state index in [2.05, 4.69) is 57.6 Å². The molecule has 0 atom stereocenters. The molecule has 0 saturated carbocycles. The predicted molar refractivity (Wildman–Crippen MR) is 197 cm³/mol. The molecule has 2 nitrogen and oxygen atoms in total. The van der Waals surface area contributed by atoms with E-state index in [1.165, 1.54) is 15.7 Å². The van der Waals surface area contributed by atoms with Gasteiger partial charge in [0, 0.05) is 36.5 Å². The maximum absolute atomic E-state index is 8.39. The first-order chi connectivity index (χ1) is 23.2. The van der Waals surface area contributed by atoms with Crippen molar-refractivity contribution >= 4 is 49.2 Å². The van der Waals surface area contributed by atoms with Gasteiger partial charge in [-0.2, -0.15) is 11.3 Å². The minimum atomic E-state index is -2.23. The third-order valence-electron chi connectivity index (χ3n) is 7.85. The normalized spacial score (nSPS) is 13.1. The minimum absolute atomic E-state index is 0. The van der Waals surface area contributed by atoms with Crippen LogP contribution in [0.15, 0.2) is 116 Å². The molecule has 233 valence electrons. The van der Waals surface area contributed by atoms with Gasteiger partial charge < -0.3 is 4.98 Å². The monoisotopic (exact) mass is 861 g/mol. The minimum Gasteiger partial charge on any atom is 0 e. The van der Waals surface area contributed by atoms with E-state index in [9.17, 15) is 0 Å². The standard InChI is InChI=1S/C27H22NS.C14H16GeN.Ir/c1-17(2)20-12-13-28-25(16-20)23-11-7-10-22-24-15-21(19-8-5-4-6-9-19)14-18(3)26(24)29-27(22)23;1-15(2,3)13-9-10-14(16-11-13)12-7-5-4-6-8-12;/h4-10,12-17H,1-3H3;4-7,9-11H,1-3H3;/q2*-1;/i3D3,17D;;. The molecule has 4 aromatic carbocycles. The number of aryl methyl sites for hydroxylation is 1. The van der Waals surface area contributed by atoms with Crippen LogP contribution >= 0.6 is 11.3 Å². The van der Waals surface area contributed by atoms with Crippen LogP contribution in [0.25, 0.3) is 53.8 Å². The molecule has 0 fully saturated rings. The molecule has 7 aromatic rings. The van der Waals surface area contributed by atoms with Crippen molar-refractivity contribution in [3.63, 3.8) is 0 Å². The van der Waals surface area contributed by atoms with E-state index < -0.39 is 26.0 Å². The van der Waals surface area contributed by atoms with Crippen molar-refractivity contribution in [2.45, 2.75) is 43.9 Å². The van der Waals surface area contributed by atoms with Crippen LogP contribution in [0.1, 0.15) is 36.4 Å². The first-order valence-electron chi connectivity index (χ1n) is 17.1. The summed E-state index contributed by atoms with van der Waals surface area (Å²) in [6.45, 7) is 1.47. The largest absolute Gasteiger partial charge is 0 e. The topological polar surface area (TPSA) is 25.8 Å². The summed E-state index contributed by atoms with van der Waals surface area (Å²) in [7, 11) is 0. The van der Waals surface area contributed by atoms with Gasteiger partial charge in [-0.1, -0.05) is 67.3 Å². The number of hydrogen-bond acceptors (Lipinski definition) is 3. The number of rotatable bonds is 5. The molecule has 0 spiro atoms. The number of fused-ring (bicyclic) bond motifs is 3. The molecule has 0 saturated heterocycles. The van der Waals surface area contributed by atoms with Gasteiger partial charge in [0.25, 0.3) is 0 Å². The van der Waals surface area contributed by atoms with Crippen LogP contribution in [0.4, 0.5) is 0 Å². The molecule has 0 N–H and O–H groups in total. The van der Waals surface area contributed by atoms with E-state index in [-0.39, 0.29) is 20.1 Å². The second-order valence-electron chi connectivity index (χ2n) is 12.4. The number of pyridine rings is 2. The summed E-state index contributed by atoms with van der Waals surface area (Å²) in [5.74, 6) is 6.40. The Bertz CT molecular complexity index is 2220. The molecule has 0 amide bonds. The summed E-state index contributed by atoms with van der Waals surface area (Å²) in [6.07, 6.45) is 3.76.